The minimum atomic E-state index is -1.69. The first kappa shape index (κ1) is 26.3. The minimum Gasteiger partial charge on any atom is -0.510 e. The SMILES string of the molecule is C=CCONCc1ccc(O)c2c1C[C@H]1C[C@H]3[C@H](N(C)C)C(O)=C(C(N)=O)C(O)[C@@]3(P)C(=O)C1=C2O. The van der Waals surface area contributed by atoms with Crippen molar-refractivity contribution in [2.75, 3.05) is 20.7 Å². The Bertz CT molecular complexity index is 1190. The van der Waals surface area contributed by atoms with Crippen LogP contribution in [0.25, 0.3) is 5.76 Å². The molecular formula is C25H32N3O7P. The Labute approximate surface area is 211 Å². The fourth-order valence-corrected chi connectivity index (χ4v) is 6.61. The van der Waals surface area contributed by atoms with E-state index >= 15 is 0 Å². The first-order valence-electron chi connectivity index (χ1n) is 11.6. The van der Waals surface area contributed by atoms with Crippen LogP contribution in [0.1, 0.15) is 23.1 Å². The van der Waals surface area contributed by atoms with Crippen LogP contribution in [0, 0.1) is 11.8 Å². The van der Waals surface area contributed by atoms with E-state index in [9.17, 15) is 30.0 Å². The number of hydrogen-bond acceptors (Lipinski definition) is 9. The zero-order chi connectivity index (χ0) is 26.5. The molecule has 2 unspecified atom stereocenters. The van der Waals surface area contributed by atoms with Crippen molar-refractivity contribution in [3.8, 4) is 5.75 Å². The quantitative estimate of drug-likeness (QED) is 0.133. The number of Topliss-reactive ketones (excluding diaryl/α,β-unsaturated/α-hetero) is 1. The number of rotatable bonds is 7. The number of nitrogens with zero attached hydrogens (tertiary/aromatic N) is 1. The van der Waals surface area contributed by atoms with E-state index in [0.29, 0.717) is 31.6 Å². The number of phenols is 1. The van der Waals surface area contributed by atoms with Gasteiger partial charge in [0.25, 0.3) is 5.91 Å². The average molecular weight is 518 g/mol. The number of nitrogens with one attached hydrogen (secondary N) is 1. The van der Waals surface area contributed by atoms with E-state index in [1.165, 1.54) is 6.07 Å². The Morgan fingerprint density at radius 3 is 2.67 bits per heavy atom. The molecule has 0 bridgehead atoms. The summed E-state index contributed by atoms with van der Waals surface area (Å²) in [5.74, 6) is -3.54. The number of hydrogen-bond donors (Lipinski definition) is 6. The summed E-state index contributed by atoms with van der Waals surface area (Å²) in [5, 5.41) is 42.4. The number of fused-ring (bicyclic) bond motifs is 3. The van der Waals surface area contributed by atoms with Crippen LogP contribution in [0.2, 0.25) is 0 Å². The Hall–Kier alpha value is -2.75. The highest BCUT2D eigenvalue weighted by molar-refractivity contribution is 7.21. The lowest BCUT2D eigenvalue weighted by molar-refractivity contribution is -0.128. The van der Waals surface area contributed by atoms with E-state index in [-0.39, 0.29) is 28.4 Å². The summed E-state index contributed by atoms with van der Waals surface area (Å²) in [4.78, 5) is 33.2. The number of phenolic OH excluding ortho intramolecular Hbond substituents is 1. The number of aliphatic hydroxyl groups is 3. The van der Waals surface area contributed by atoms with Crippen LogP contribution in [0.15, 0.2) is 41.7 Å². The van der Waals surface area contributed by atoms with Gasteiger partial charge in [-0.15, -0.1) is 15.8 Å². The standard InChI is InChI=1S/C25H32N3O7P/c1-4-7-35-27-10-11-5-6-15(29)17-13(11)8-12-9-14-19(28(2)3)21(31)18(24(26)34)23(33)25(14,36)22(32)16(12)20(17)30/h4-6,12,14,19,23,27,29-31,33H,1,7-10,36H2,2-3H3,(H2,26,34)/t12-,14-,19-,23?,25-/m0/s1. The maximum atomic E-state index is 14.0. The van der Waals surface area contributed by atoms with Gasteiger partial charge in [-0.2, -0.15) is 5.48 Å². The Balaban J connectivity index is 1.84. The highest BCUT2D eigenvalue weighted by Gasteiger charge is 2.62. The van der Waals surface area contributed by atoms with Crippen LogP contribution in [0.3, 0.4) is 0 Å². The molecule has 1 amide bonds. The number of ketones is 1. The summed E-state index contributed by atoms with van der Waals surface area (Å²) in [5.41, 5.74) is 9.58. The average Bonchev–Trinajstić information content (AvgIpc) is 2.80. The van der Waals surface area contributed by atoms with Gasteiger partial charge in [0.1, 0.15) is 23.4 Å². The van der Waals surface area contributed by atoms with E-state index in [4.69, 9.17) is 10.6 Å². The third-order valence-corrected chi connectivity index (χ3v) is 8.59. The molecule has 1 aromatic rings. The van der Waals surface area contributed by atoms with E-state index in [0.717, 1.165) is 5.56 Å². The molecule has 194 valence electrons. The van der Waals surface area contributed by atoms with Crippen molar-refractivity contribution in [2.24, 2.45) is 17.6 Å². The second-order valence-electron chi connectivity index (χ2n) is 9.76. The van der Waals surface area contributed by atoms with Crippen LogP contribution < -0.4 is 11.2 Å². The molecule has 0 aromatic heterocycles. The number of nitrogens with two attached hydrogens (primary N) is 1. The molecule has 0 spiro atoms. The van der Waals surface area contributed by atoms with Gasteiger partial charge in [0, 0.05) is 18.0 Å². The van der Waals surface area contributed by atoms with Gasteiger partial charge in [-0.1, -0.05) is 12.1 Å². The first-order valence-corrected chi connectivity index (χ1v) is 12.2. The molecule has 3 aliphatic carbocycles. The number of aromatic hydroxyl groups is 1. The molecule has 1 fully saturated rings. The van der Waals surface area contributed by atoms with E-state index < -0.39 is 46.4 Å². The lowest BCUT2D eigenvalue weighted by Gasteiger charge is -2.54. The van der Waals surface area contributed by atoms with Crippen LogP contribution >= 0.6 is 9.24 Å². The number of carbonyl (C=O) groups excluding carboxylic acids is 2. The number of allylic oxidation sites excluding steroid dienone is 1. The summed E-state index contributed by atoms with van der Waals surface area (Å²) >= 11 is 0. The predicted octanol–water partition coefficient (Wildman–Crippen LogP) is 0.846. The van der Waals surface area contributed by atoms with Gasteiger partial charge in [-0.25, -0.2) is 0 Å². The monoisotopic (exact) mass is 517 g/mol. The molecule has 6 atom stereocenters. The minimum absolute atomic E-state index is 0.0823. The molecule has 10 nitrogen and oxygen atoms in total. The smallest absolute Gasteiger partial charge is 0.250 e. The predicted molar refractivity (Wildman–Crippen MR) is 136 cm³/mol. The van der Waals surface area contributed by atoms with Gasteiger partial charge in [0.2, 0.25) is 0 Å². The molecule has 11 heteroatoms. The number of benzene rings is 1. The molecule has 3 aliphatic rings. The number of likely N-dealkylation sites (N-methyl/N-ethyl adjacent to an activating group) is 1. The fraction of sp³-hybridized carbons (Fsp3) is 0.440. The Morgan fingerprint density at radius 1 is 1.36 bits per heavy atom. The number of hydroxylamine groups is 1. The van der Waals surface area contributed by atoms with Gasteiger partial charge in [-0.3, -0.25) is 19.3 Å². The van der Waals surface area contributed by atoms with Crippen LogP contribution in [-0.2, 0) is 27.4 Å². The maximum Gasteiger partial charge on any atom is 0.250 e. The molecule has 36 heavy (non-hydrogen) atoms. The normalized spacial score (nSPS) is 29.6. The van der Waals surface area contributed by atoms with Gasteiger partial charge >= 0.3 is 0 Å². The van der Waals surface area contributed by atoms with Crippen molar-refractivity contribution in [1.29, 1.82) is 0 Å². The van der Waals surface area contributed by atoms with Crippen molar-refractivity contribution in [2.45, 2.75) is 36.7 Å². The number of aliphatic hydroxyl groups excluding tert-OH is 3. The van der Waals surface area contributed by atoms with Crippen molar-refractivity contribution < 1.29 is 34.9 Å². The summed E-state index contributed by atoms with van der Waals surface area (Å²) in [6.45, 7) is 4.18. The topological polar surface area (TPSA) is 166 Å². The first-order chi connectivity index (χ1) is 17.0. The van der Waals surface area contributed by atoms with Gasteiger partial charge in [0.05, 0.1) is 28.9 Å². The zero-order valence-electron chi connectivity index (χ0n) is 20.2. The molecular weight excluding hydrogens is 485 g/mol. The highest BCUT2D eigenvalue weighted by atomic mass is 31.0. The molecule has 0 heterocycles. The van der Waals surface area contributed by atoms with E-state index in [1.54, 1.807) is 31.1 Å². The third kappa shape index (κ3) is 3.84. The van der Waals surface area contributed by atoms with Crippen molar-refractivity contribution in [3.05, 3.63) is 58.4 Å². The summed E-state index contributed by atoms with van der Waals surface area (Å²) in [7, 11) is 5.79. The second-order valence-corrected chi connectivity index (χ2v) is 10.7. The molecule has 0 aliphatic heterocycles. The fourth-order valence-electron chi connectivity index (χ4n) is 5.97. The van der Waals surface area contributed by atoms with Gasteiger partial charge < -0.3 is 26.2 Å². The molecule has 1 saturated carbocycles. The molecule has 4 rings (SSSR count). The van der Waals surface area contributed by atoms with Crippen molar-refractivity contribution >= 4 is 26.7 Å². The molecule has 0 saturated heterocycles. The highest BCUT2D eigenvalue weighted by Crippen LogP contribution is 2.56. The van der Waals surface area contributed by atoms with Crippen molar-refractivity contribution in [1.82, 2.24) is 10.4 Å². The second kappa shape index (κ2) is 9.61. The Morgan fingerprint density at radius 2 is 2.06 bits per heavy atom. The van der Waals surface area contributed by atoms with Crippen LogP contribution in [0.5, 0.6) is 5.75 Å². The van der Waals surface area contributed by atoms with Crippen LogP contribution in [0.4, 0.5) is 0 Å². The van der Waals surface area contributed by atoms with Gasteiger partial charge in [0.15, 0.2) is 5.78 Å². The molecule has 7 N–H and O–H groups in total. The molecule has 0 radical (unpaired) electrons. The lowest BCUT2D eigenvalue weighted by atomic mass is 9.58. The largest absolute Gasteiger partial charge is 0.510 e. The summed E-state index contributed by atoms with van der Waals surface area (Å²) < 4.78 is 0. The maximum absolute atomic E-state index is 14.0. The Kier molecular flexibility index (Phi) is 7.02. The van der Waals surface area contributed by atoms with E-state index in [2.05, 4.69) is 21.3 Å². The van der Waals surface area contributed by atoms with Crippen molar-refractivity contribution in [3.63, 3.8) is 0 Å². The number of amides is 1. The lowest BCUT2D eigenvalue weighted by Crippen LogP contribution is -2.65. The zero-order valence-corrected chi connectivity index (χ0v) is 21.3. The molecule has 1 aromatic carbocycles. The third-order valence-electron chi connectivity index (χ3n) is 7.58. The summed E-state index contributed by atoms with van der Waals surface area (Å²) in [6.07, 6.45) is 0.561. The summed E-state index contributed by atoms with van der Waals surface area (Å²) in [6, 6.07) is 2.40. The number of carbonyl (C=O) groups is 2. The van der Waals surface area contributed by atoms with Crippen LogP contribution in [-0.4, -0.2) is 75.0 Å². The van der Waals surface area contributed by atoms with E-state index in [1.807, 2.05) is 0 Å². The number of primary amides is 1. The van der Waals surface area contributed by atoms with Gasteiger partial charge in [-0.05, 0) is 50.0 Å².